The number of thioether (sulfide) groups is 1. The zero-order chi connectivity index (χ0) is 16.1. The molecule has 3 aromatic rings. The fourth-order valence-electron chi connectivity index (χ4n) is 2.03. The lowest BCUT2D eigenvalue weighted by molar-refractivity contribution is -0.113. The first-order chi connectivity index (χ1) is 11.2. The number of carbonyl (C=O) groups is 1. The Morgan fingerprint density at radius 3 is 3.04 bits per heavy atom. The third kappa shape index (κ3) is 4.20. The maximum atomic E-state index is 12.0. The number of hydrogen-bond donors (Lipinski definition) is 2. The summed E-state index contributed by atoms with van der Waals surface area (Å²) in [5.74, 6) is 0.947. The van der Waals surface area contributed by atoms with Crippen LogP contribution in [0.5, 0.6) is 0 Å². The van der Waals surface area contributed by atoms with E-state index in [1.165, 1.54) is 17.3 Å². The van der Waals surface area contributed by atoms with E-state index in [0.717, 1.165) is 22.8 Å². The minimum atomic E-state index is -0.0641. The van der Waals surface area contributed by atoms with Crippen molar-refractivity contribution in [3.63, 3.8) is 0 Å². The van der Waals surface area contributed by atoms with E-state index in [-0.39, 0.29) is 11.7 Å². The largest absolute Gasteiger partial charge is 0.325 e. The highest BCUT2D eigenvalue weighted by atomic mass is 32.2. The van der Waals surface area contributed by atoms with Gasteiger partial charge in [-0.3, -0.25) is 9.89 Å². The standard InChI is InChI=1S/C16H16N4OS2/c1-2-11-5-3-6-12(9-11)17-14(21)10-23-16-18-15(19-20-16)13-7-4-8-22-13/h3-9H,2,10H2,1H3,(H,17,21)(H,18,19,20). The van der Waals surface area contributed by atoms with Crippen molar-refractivity contribution < 1.29 is 4.79 Å². The normalized spacial score (nSPS) is 10.7. The maximum absolute atomic E-state index is 12.0. The molecule has 0 unspecified atom stereocenters. The number of thiophene rings is 1. The average Bonchev–Trinajstić information content (AvgIpc) is 3.24. The predicted molar refractivity (Wildman–Crippen MR) is 94.9 cm³/mol. The average molecular weight is 344 g/mol. The van der Waals surface area contributed by atoms with Crippen LogP contribution in [0.2, 0.25) is 0 Å². The van der Waals surface area contributed by atoms with Crippen LogP contribution in [0, 0.1) is 0 Å². The zero-order valence-electron chi connectivity index (χ0n) is 12.6. The summed E-state index contributed by atoms with van der Waals surface area (Å²) in [6.07, 6.45) is 0.946. The summed E-state index contributed by atoms with van der Waals surface area (Å²) in [5, 5.41) is 12.5. The highest BCUT2D eigenvalue weighted by Crippen LogP contribution is 2.23. The Morgan fingerprint density at radius 1 is 1.35 bits per heavy atom. The Morgan fingerprint density at radius 2 is 2.26 bits per heavy atom. The number of nitrogens with one attached hydrogen (secondary N) is 2. The highest BCUT2D eigenvalue weighted by Gasteiger charge is 2.09. The molecule has 2 aromatic heterocycles. The van der Waals surface area contributed by atoms with Crippen LogP contribution in [0.4, 0.5) is 5.69 Å². The van der Waals surface area contributed by atoms with E-state index < -0.39 is 0 Å². The van der Waals surface area contributed by atoms with E-state index in [9.17, 15) is 4.79 Å². The SMILES string of the molecule is CCc1cccc(NC(=O)CSc2n[nH]c(-c3cccs3)n2)c1. The molecule has 0 aliphatic carbocycles. The summed E-state index contributed by atoms with van der Waals surface area (Å²) in [6.45, 7) is 2.09. The van der Waals surface area contributed by atoms with Crippen molar-refractivity contribution in [2.24, 2.45) is 0 Å². The van der Waals surface area contributed by atoms with Crippen LogP contribution >= 0.6 is 23.1 Å². The number of anilines is 1. The lowest BCUT2D eigenvalue weighted by Crippen LogP contribution is -2.14. The molecule has 0 spiro atoms. The summed E-state index contributed by atoms with van der Waals surface area (Å²) >= 11 is 2.91. The molecule has 0 aliphatic rings. The van der Waals surface area contributed by atoms with Crippen LogP contribution < -0.4 is 5.32 Å². The first kappa shape index (κ1) is 15.8. The van der Waals surface area contributed by atoms with Gasteiger partial charge in [0.05, 0.1) is 10.6 Å². The first-order valence-electron chi connectivity index (χ1n) is 7.22. The zero-order valence-corrected chi connectivity index (χ0v) is 14.2. The van der Waals surface area contributed by atoms with Gasteiger partial charge in [-0.25, -0.2) is 4.98 Å². The van der Waals surface area contributed by atoms with E-state index in [1.54, 1.807) is 11.3 Å². The molecule has 2 N–H and O–H groups in total. The molecule has 3 rings (SSSR count). The monoisotopic (exact) mass is 344 g/mol. The molecular weight excluding hydrogens is 328 g/mol. The number of H-pyrrole nitrogens is 1. The molecule has 0 atom stereocenters. The molecule has 0 saturated carbocycles. The summed E-state index contributed by atoms with van der Waals surface area (Å²) in [6, 6.07) is 11.8. The Hall–Kier alpha value is -2.12. The summed E-state index contributed by atoms with van der Waals surface area (Å²) in [5.41, 5.74) is 2.02. The van der Waals surface area contributed by atoms with Gasteiger partial charge in [-0.1, -0.05) is 36.9 Å². The van der Waals surface area contributed by atoms with E-state index in [4.69, 9.17) is 0 Å². The van der Waals surface area contributed by atoms with Gasteiger partial charge in [-0.2, -0.15) is 0 Å². The molecule has 0 saturated heterocycles. The molecule has 5 nitrogen and oxygen atoms in total. The van der Waals surface area contributed by atoms with Crippen LogP contribution in [0.1, 0.15) is 12.5 Å². The van der Waals surface area contributed by atoms with Crippen molar-refractivity contribution in [2.45, 2.75) is 18.5 Å². The fraction of sp³-hybridized carbons (Fsp3) is 0.188. The number of nitrogens with zero attached hydrogens (tertiary/aromatic N) is 2. The molecular formula is C16H16N4OS2. The lowest BCUT2D eigenvalue weighted by atomic mass is 10.1. The second kappa shape index (κ2) is 7.43. The topological polar surface area (TPSA) is 70.7 Å². The Labute approximate surface area is 142 Å². The number of hydrogen-bond acceptors (Lipinski definition) is 5. The number of carbonyl (C=O) groups excluding carboxylic acids is 1. The molecule has 0 aliphatic heterocycles. The van der Waals surface area contributed by atoms with Gasteiger partial charge in [0, 0.05) is 5.69 Å². The summed E-state index contributed by atoms with van der Waals surface area (Å²) in [4.78, 5) is 17.4. The third-order valence-corrected chi connectivity index (χ3v) is 4.89. The van der Waals surface area contributed by atoms with Crippen molar-refractivity contribution in [1.29, 1.82) is 0 Å². The smallest absolute Gasteiger partial charge is 0.234 e. The van der Waals surface area contributed by atoms with Crippen LogP contribution in [0.25, 0.3) is 10.7 Å². The molecule has 7 heteroatoms. The predicted octanol–water partition coefficient (Wildman–Crippen LogP) is 3.83. The van der Waals surface area contributed by atoms with Gasteiger partial charge in [-0.05, 0) is 35.6 Å². The van der Waals surface area contributed by atoms with Gasteiger partial charge in [0.2, 0.25) is 11.1 Å². The van der Waals surface area contributed by atoms with Gasteiger partial charge in [0.25, 0.3) is 0 Å². The van der Waals surface area contributed by atoms with Crippen molar-refractivity contribution in [1.82, 2.24) is 15.2 Å². The second-order valence-electron chi connectivity index (χ2n) is 4.83. The molecule has 0 bridgehead atoms. The van der Waals surface area contributed by atoms with Crippen molar-refractivity contribution in [2.75, 3.05) is 11.1 Å². The molecule has 1 aromatic carbocycles. The second-order valence-corrected chi connectivity index (χ2v) is 6.72. The first-order valence-corrected chi connectivity index (χ1v) is 9.09. The van der Waals surface area contributed by atoms with Gasteiger partial charge in [-0.15, -0.1) is 16.4 Å². The Kier molecular flexibility index (Phi) is 5.09. The maximum Gasteiger partial charge on any atom is 0.234 e. The van der Waals surface area contributed by atoms with Gasteiger partial charge >= 0.3 is 0 Å². The summed E-state index contributed by atoms with van der Waals surface area (Å²) < 4.78 is 0. The van der Waals surface area contributed by atoms with E-state index >= 15 is 0 Å². The van der Waals surface area contributed by atoms with Crippen LogP contribution in [0.15, 0.2) is 46.9 Å². The molecule has 0 radical (unpaired) electrons. The van der Waals surface area contributed by atoms with Gasteiger partial charge < -0.3 is 5.32 Å². The Bertz CT molecular complexity index is 783. The summed E-state index contributed by atoms with van der Waals surface area (Å²) in [7, 11) is 0. The number of rotatable bonds is 6. The molecule has 0 fully saturated rings. The van der Waals surface area contributed by atoms with Crippen LogP contribution in [-0.2, 0) is 11.2 Å². The molecule has 118 valence electrons. The van der Waals surface area contributed by atoms with Crippen molar-refractivity contribution >= 4 is 34.7 Å². The minimum absolute atomic E-state index is 0.0641. The fourth-order valence-corrected chi connectivity index (χ4v) is 3.29. The lowest BCUT2D eigenvalue weighted by Gasteiger charge is -2.05. The number of aryl methyl sites for hydroxylation is 1. The van der Waals surface area contributed by atoms with Crippen LogP contribution in [0.3, 0.4) is 0 Å². The number of aromatic amines is 1. The number of amides is 1. The molecule has 23 heavy (non-hydrogen) atoms. The van der Waals surface area contributed by atoms with Crippen molar-refractivity contribution in [3.8, 4) is 10.7 Å². The quantitative estimate of drug-likeness (QED) is 0.667. The van der Waals surface area contributed by atoms with E-state index in [2.05, 4.69) is 27.4 Å². The number of aromatic nitrogens is 3. The number of benzene rings is 1. The van der Waals surface area contributed by atoms with Gasteiger partial charge in [0.1, 0.15) is 0 Å². The van der Waals surface area contributed by atoms with E-state index in [0.29, 0.717) is 5.16 Å². The highest BCUT2D eigenvalue weighted by molar-refractivity contribution is 7.99. The van der Waals surface area contributed by atoms with E-state index in [1.807, 2.05) is 41.8 Å². The van der Waals surface area contributed by atoms with Gasteiger partial charge in [0.15, 0.2) is 5.82 Å². The minimum Gasteiger partial charge on any atom is -0.325 e. The van der Waals surface area contributed by atoms with Crippen LogP contribution in [-0.4, -0.2) is 26.8 Å². The third-order valence-electron chi connectivity index (χ3n) is 3.17. The van der Waals surface area contributed by atoms with Crippen molar-refractivity contribution in [3.05, 3.63) is 47.3 Å². The molecule has 1 amide bonds. The molecule has 2 heterocycles. The Balaban J connectivity index is 1.54.